The summed E-state index contributed by atoms with van der Waals surface area (Å²) >= 11 is 1.28. The summed E-state index contributed by atoms with van der Waals surface area (Å²) in [5.74, 6) is 0.0633. The standard InChI is InChI=1S/C28H26N2O5S/c1-3-35-19-8-6-17(7-9-19)25-24(26(31)23-5-4-14-36-23)27(32)28(33)30(25)13-12-18-16-29-22-11-10-20(34-2)15-21(18)22/h4-11,14-16,25,29,32H,3,12-13H2,1-2H3. The number of ketones is 1. The molecular weight excluding hydrogens is 476 g/mol. The van der Waals surface area contributed by atoms with E-state index in [1.807, 2.05) is 55.6 Å². The fourth-order valence-corrected chi connectivity index (χ4v) is 5.33. The number of aromatic nitrogens is 1. The Morgan fingerprint density at radius 1 is 1.14 bits per heavy atom. The van der Waals surface area contributed by atoms with Gasteiger partial charge in [0.15, 0.2) is 5.76 Å². The van der Waals surface area contributed by atoms with Gasteiger partial charge in [0.05, 0.1) is 30.2 Å². The van der Waals surface area contributed by atoms with Crippen LogP contribution in [-0.4, -0.2) is 46.9 Å². The Balaban J connectivity index is 1.49. The number of Topliss-reactive ketones (excluding diaryl/α,β-unsaturated/α-hetero) is 1. The number of H-pyrrole nitrogens is 1. The van der Waals surface area contributed by atoms with Gasteiger partial charge in [-0.3, -0.25) is 9.59 Å². The van der Waals surface area contributed by atoms with Crippen LogP contribution in [0.25, 0.3) is 10.9 Å². The molecule has 1 aliphatic rings. The average Bonchev–Trinajstić information content (AvgIpc) is 3.63. The number of carbonyl (C=O) groups excluding carboxylic acids is 2. The van der Waals surface area contributed by atoms with E-state index < -0.39 is 17.7 Å². The maximum absolute atomic E-state index is 13.4. The van der Waals surface area contributed by atoms with Gasteiger partial charge in [0.25, 0.3) is 5.91 Å². The number of aliphatic hydroxyl groups is 1. The summed E-state index contributed by atoms with van der Waals surface area (Å²) in [6, 6.07) is 15.9. The molecule has 3 heterocycles. The van der Waals surface area contributed by atoms with E-state index in [1.165, 1.54) is 11.3 Å². The van der Waals surface area contributed by atoms with Crippen molar-refractivity contribution in [3.05, 3.63) is 93.5 Å². The molecule has 2 aromatic heterocycles. The van der Waals surface area contributed by atoms with Crippen molar-refractivity contribution in [3.8, 4) is 11.5 Å². The summed E-state index contributed by atoms with van der Waals surface area (Å²) in [7, 11) is 1.62. The summed E-state index contributed by atoms with van der Waals surface area (Å²) in [5, 5.41) is 13.7. The largest absolute Gasteiger partial charge is 0.503 e. The first kappa shape index (κ1) is 23.7. The number of nitrogens with one attached hydrogen (secondary N) is 1. The number of hydrogen-bond donors (Lipinski definition) is 2. The monoisotopic (exact) mass is 502 g/mol. The summed E-state index contributed by atoms with van der Waals surface area (Å²) in [6.07, 6.45) is 2.45. The summed E-state index contributed by atoms with van der Waals surface area (Å²) in [5.41, 5.74) is 2.82. The fourth-order valence-electron chi connectivity index (χ4n) is 4.65. The maximum Gasteiger partial charge on any atom is 0.290 e. The highest BCUT2D eigenvalue weighted by Crippen LogP contribution is 2.40. The average molecular weight is 503 g/mol. The Bertz CT molecular complexity index is 1440. The smallest absolute Gasteiger partial charge is 0.290 e. The second-order valence-electron chi connectivity index (χ2n) is 8.45. The van der Waals surface area contributed by atoms with E-state index in [-0.39, 0.29) is 11.4 Å². The molecule has 1 atom stereocenters. The second kappa shape index (κ2) is 9.91. The molecule has 36 heavy (non-hydrogen) atoms. The maximum atomic E-state index is 13.4. The van der Waals surface area contributed by atoms with Crippen LogP contribution < -0.4 is 9.47 Å². The van der Waals surface area contributed by atoms with Crippen molar-refractivity contribution in [2.24, 2.45) is 0 Å². The molecule has 184 valence electrons. The highest BCUT2D eigenvalue weighted by atomic mass is 32.1. The van der Waals surface area contributed by atoms with Gasteiger partial charge in [-0.2, -0.15) is 0 Å². The predicted octanol–water partition coefficient (Wildman–Crippen LogP) is 5.46. The number of aromatic amines is 1. The van der Waals surface area contributed by atoms with Crippen LogP contribution in [0.3, 0.4) is 0 Å². The van der Waals surface area contributed by atoms with Gasteiger partial charge in [0.2, 0.25) is 5.78 Å². The fraction of sp³-hybridized carbons (Fsp3) is 0.214. The third kappa shape index (κ3) is 4.24. The lowest BCUT2D eigenvalue weighted by Crippen LogP contribution is -2.33. The molecule has 0 aliphatic carbocycles. The third-order valence-corrected chi connectivity index (χ3v) is 7.27. The highest BCUT2D eigenvalue weighted by molar-refractivity contribution is 7.12. The molecule has 0 radical (unpaired) electrons. The Morgan fingerprint density at radius 3 is 2.61 bits per heavy atom. The quantitative estimate of drug-likeness (QED) is 0.297. The molecule has 0 saturated carbocycles. The minimum Gasteiger partial charge on any atom is -0.503 e. The number of amides is 1. The minimum atomic E-state index is -0.706. The molecule has 2 aromatic carbocycles. The van der Waals surface area contributed by atoms with E-state index in [4.69, 9.17) is 9.47 Å². The lowest BCUT2D eigenvalue weighted by atomic mass is 9.95. The van der Waals surface area contributed by atoms with Gasteiger partial charge in [-0.05, 0) is 66.2 Å². The topological polar surface area (TPSA) is 91.9 Å². The molecule has 1 aliphatic heterocycles. The summed E-state index contributed by atoms with van der Waals surface area (Å²) in [6.45, 7) is 2.75. The van der Waals surface area contributed by atoms with Gasteiger partial charge in [-0.1, -0.05) is 18.2 Å². The van der Waals surface area contributed by atoms with Gasteiger partial charge in [-0.15, -0.1) is 11.3 Å². The molecule has 1 amide bonds. The first-order valence-corrected chi connectivity index (χ1v) is 12.6. The van der Waals surface area contributed by atoms with E-state index in [0.29, 0.717) is 30.2 Å². The van der Waals surface area contributed by atoms with Crippen LogP contribution in [0, 0.1) is 0 Å². The van der Waals surface area contributed by atoms with Gasteiger partial charge < -0.3 is 24.5 Å². The van der Waals surface area contributed by atoms with Crippen LogP contribution in [0.15, 0.2) is 77.5 Å². The zero-order valence-electron chi connectivity index (χ0n) is 20.0. The van der Waals surface area contributed by atoms with Crippen molar-refractivity contribution in [1.82, 2.24) is 9.88 Å². The molecule has 0 bridgehead atoms. The highest BCUT2D eigenvalue weighted by Gasteiger charge is 2.43. The number of benzene rings is 2. The molecular formula is C28H26N2O5S. The van der Waals surface area contributed by atoms with E-state index in [1.54, 1.807) is 29.5 Å². The van der Waals surface area contributed by atoms with Crippen molar-refractivity contribution in [1.29, 1.82) is 0 Å². The molecule has 5 rings (SSSR count). The molecule has 0 fully saturated rings. The van der Waals surface area contributed by atoms with Crippen molar-refractivity contribution in [2.45, 2.75) is 19.4 Å². The Morgan fingerprint density at radius 2 is 1.92 bits per heavy atom. The van der Waals surface area contributed by atoms with Crippen LogP contribution in [0.5, 0.6) is 11.5 Å². The SMILES string of the molecule is CCOc1ccc(C2C(C(=O)c3cccs3)=C(O)C(=O)N2CCc2c[nH]c3ccc(OC)cc23)cc1. The van der Waals surface area contributed by atoms with Crippen LogP contribution in [-0.2, 0) is 11.2 Å². The van der Waals surface area contributed by atoms with Crippen LogP contribution in [0.2, 0.25) is 0 Å². The first-order chi connectivity index (χ1) is 17.5. The van der Waals surface area contributed by atoms with Crippen LogP contribution in [0.4, 0.5) is 0 Å². The lowest BCUT2D eigenvalue weighted by molar-refractivity contribution is -0.129. The zero-order chi connectivity index (χ0) is 25.2. The van der Waals surface area contributed by atoms with Crippen LogP contribution in [0.1, 0.15) is 33.8 Å². The Kier molecular flexibility index (Phi) is 6.52. The number of nitrogens with zero attached hydrogens (tertiary/aromatic N) is 1. The summed E-state index contributed by atoms with van der Waals surface area (Å²) in [4.78, 5) is 32.0. The minimum absolute atomic E-state index is 0.104. The Labute approximate surface area is 212 Å². The van der Waals surface area contributed by atoms with E-state index in [0.717, 1.165) is 27.8 Å². The van der Waals surface area contributed by atoms with Crippen molar-refractivity contribution in [2.75, 3.05) is 20.3 Å². The normalized spacial score (nSPS) is 15.7. The molecule has 0 saturated heterocycles. The third-order valence-electron chi connectivity index (χ3n) is 6.40. The Hall–Kier alpha value is -4.04. The lowest BCUT2D eigenvalue weighted by Gasteiger charge is -2.27. The molecule has 0 spiro atoms. The number of thiophene rings is 1. The number of methoxy groups -OCH3 is 1. The molecule has 8 heteroatoms. The van der Waals surface area contributed by atoms with Gasteiger partial charge >= 0.3 is 0 Å². The van der Waals surface area contributed by atoms with Crippen molar-refractivity contribution >= 4 is 33.9 Å². The molecule has 4 aromatic rings. The molecule has 2 N–H and O–H groups in total. The number of aliphatic hydroxyl groups excluding tert-OH is 1. The second-order valence-corrected chi connectivity index (χ2v) is 9.39. The van der Waals surface area contributed by atoms with E-state index in [2.05, 4.69) is 4.98 Å². The molecule has 1 unspecified atom stereocenters. The number of hydrogen-bond acceptors (Lipinski definition) is 6. The van der Waals surface area contributed by atoms with Crippen LogP contribution >= 0.6 is 11.3 Å². The van der Waals surface area contributed by atoms with Crippen molar-refractivity contribution < 1.29 is 24.2 Å². The van der Waals surface area contributed by atoms with E-state index in [9.17, 15) is 14.7 Å². The molecule has 7 nitrogen and oxygen atoms in total. The van der Waals surface area contributed by atoms with Crippen molar-refractivity contribution in [3.63, 3.8) is 0 Å². The summed E-state index contributed by atoms with van der Waals surface area (Å²) < 4.78 is 10.9. The number of rotatable bonds is 9. The van der Waals surface area contributed by atoms with E-state index >= 15 is 0 Å². The van der Waals surface area contributed by atoms with Gasteiger partial charge in [-0.25, -0.2) is 0 Å². The number of carbonyl (C=O) groups is 2. The number of ether oxygens (including phenoxy) is 2. The first-order valence-electron chi connectivity index (χ1n) is 11.7. The predicted molar refractivity (Wildman–Crippen MR) is 139 cm³/mol. The zero-order valence-corrected chi connectivity index (χ0v) is 20.8. The number of fused-ring (bicyclic) bond motifs is 1. The van der Waals surface area contributed by atoms with Gasteiger partial charge in [0.1, 0.15) is 11.5 Å². The van der Waals surface area contributed by atoms with Gasteiger partial charge in [0, 0.05) is 23.6 Å².